The Morgan fingerprint density at radius 1 is 1.11 bits per heavy atom. The average Bonchev–Trinajstić information content (AvgIpc) is 2.78. The number of nitrogens with zero attached hydrogens (tertiary/aromatic N) is 1. The molecular weight excluding hydrogens is 477 g/mol. The normalized spacial score (nSPS) is 21.4. The maximum Gasteiger partial charge on any atom is 0.303 e. The number of amides is 1. The molecule has 1 aliphatic heterocycles. The second kappa shape index (κ2) is 10.2. The number of ether oxygens (including phenoxy) is 1. The molecule has 36 heavy (non-hydrogen) atoms. The van der Waals surface area contributed by atoms with Crippen molar-refractivity contribution in [2.45, 2.75) is 57.8 Å². The number of hydrogen-bond donors (Lipinski definition) is 1. The standard InChI is InChI=1S/C28H34FNO5Si/c1-35-21-6-7-22-19(16-21)9-10-30(28(34)20-11-18(12-20)15-26(32)33)27(22)24(31)14-17-5-8-25(23(29)13-17)36(2,3)4/h5-8,13,16,18,20,27H,9-12,14-15H2,1-4H3,(H,32,33). The van der Waals surface area contributed by atoms with Gasteiger partial charge >= 0.3 is 5.97 Å². The average molecular weight is 512 g/mol. The van der Waals surface area contributed by atoms with Crippen LogP contribution in [0, 0.1) is 17.7 Å². The number of carbonyl (C=O) groups is 3. The third kappa shape index (κ3) is 5.38. The largest absolute Gasteiger partial charge is 0.497 e. The van der Waals surface area contributed by atoms with Crippen LogP contribution in [0.5, 0.6) is 5.75 Å². The van der Waals surface area contributed by atoms with E-state index in [1.807, 2.05) is 18.2 Å². The molecule has 2 aliphatic rings. The quantitative estimate of drug-likeness (QED) is 0.539. The Labute approximate surface area is 212 Å². The molecule has 0 saturated heterocycles. The Bertz CT molecular complexity index is 1180. The molecule has 8 heteroatoms. The number of halogens is 1. The summed E-state index contributed by atoms with van der Waals surface area (Å²) in [5, 5.41) is 9.76. The molecule has 1 amide bonds. The monoisotopic (exact) mass is 511 g/mol. The lowest BCUT2D eigenvalue weighted by Gasteiger charge is -2.42. The van der Waals surface area contributed by atoms with Gasteiger partial charge in [-0.25, -0.2) is 4.39 Å². The number of hydrogen-bond acceptors (Lipinski definition) is 4. The predicted molar refractivity (Wildman–Crippen MR) is 138 cm³/mol. The van der Waals surface area contributed by atoms with Gasteiger partial charge in [-0.05, 0) is 65.3 Å². The minimum absolute atomic E-state index is 0.000189. The van der Waals surface area contributed by atoms with Gasteiger partial charge in [0.15, 0.2) is 5.78 Å². The van der Waals surface area contributed by atoms with Crippen molar-refractivity contribution >= 4 is 30.9 Å². The molecule has 1 fully saturated rings. The Morgan fingerprint density at radius 3 is 2.44 bits per heavy atom. The molecule has 1 heterocycles. The van der Waals surface area contributed by atoms with E-state index >= 15 is 0 Å². The van der Waals surface area contributed by atoms with Gasteiger partial charge in [0.05, 0.1) is 15.2 Å². The van der Waals surface area contributed by atoms with Gasteiger partial charge in [0.25, 0.3) is 0 Å². The first-order valence-electron chi connectivity index (χ1n) is 12.5. The van der Waals surface area contributed by atoms with E-state index in [4.69, 9.17) is 9.84 Å². The molecule has 0 aromatic heterocycles. The highest BCUT2D eigenvalue weighted by molar-refractivity contribution is 6.88. The van der Waals surface area contributed by atoms with Crippen LogP contribution in [-0.4, -0.2) is 49.4 Å². The van der Waals surface area contributed by atoms with Crippen LogP contribution in [0.3, 0.4) is 0 Å². The predicted octanol–water partition coefficient (Wildman–Crippen LogP) is 4.12. The summed E-state index contributed by atoms with van der Waals surface area (Å²) in [5.74, 6) is -0.961. The minimum atomic E-state index is -1.84. The first-order chi connectivity index (χ1) is 17.0. The van der Waals surface area contributed by atoms with Gasteiger partial charge in [-0.3, -0.25) is 14.4 Å². The van der Waals surface area contributed by atoms with Crippen molar-refractivity contribution in [1.82, 2.24) is 4.90 Å². The SMILES string of the molecule is COc1ccc2c(c1)CCN(C(=O)C1CC(CC(=O)O)C1)C2C(=O)Cc1ccc([Si](C)(C)C)c(F)c1. The summed E-state index contributed by atoms with van der Waals surface area (Å²) in [6, 6.07) is 9.86. The van der Waals surface area contributed by atoms with Crippen LogP contribution in [0.2, 0.25) is 19.6 Å². The van der Waals surface area contributed by atoms with Crippen LogP contribution in [0.4, 0.5) is 4.39 Å². The van der Waals surface area contributed by atoms with Crippen molar-refractivity contribution in [3.8, 4) is 5.75 Å². The third-order valence-electron chi connectivity index (χ3n) is 7.43. The summed E-state index contributed by atoms with van der Waals surface area (Å²) in [6.45, 7) is 6.63. The van der Waals surface area contributed by atoms with Crippen LogP contribution in [0.25, 0.3) is 0 Å². The number of carboxylic acids is 1. The van der Waals surface area contributed by atoms with E-state index in [1.165, 1.54) is 6.07 Å². The van der Waals surface area contributed by atoms with Gasteiger partial charge in [-0.15, -0.1) is 0 Å². The van der Waals surface area contributed by atoms with Gasteiger partial charge in [-0.1, -0.05) is 37.8 Å². The lowest BCUT2D eigenvalue weighted by molar-refractivity contribution is -0.149. The maximum absolute atomic E-state index is 14.9. The van der Waals surface area contributed by atoms with Crippen LogP contribution in [0.1, 0.15) is 42.0 Å². The van der Waals surface area contributed by atoms with Crippen molar-refractivity contribution < 1.29 is 28.6 Å². The summed E-state index contributed by atoms with van der Waals surface area (Å²) in [5.41, 5.74) is 2.34. The first kappa shape index (κ1) is 26.1. The van der Waals surface area contributed by atoms with E-state index in [2.05, 4.69) is 19.6 Å². The summed E-state index contributed by atoms with van der Waals surface area (Å²) in [4.78, 5) is 39.9. The number of benzene rings is 2. The molecular formula is C28H34FNO5Si. The van der Waals surface area contributed by atoms with Gasteiger partial charge in [0.1, 0.15) is 17.6 Å². The number of Topliss-reactive ketones (excluding diaryl/α,β-unsaturated/α-hetero) is 1. The maximum atomic E-state index is 14.9. The molecule has 1 aliphatic carbocycles. The fraction of sp³-hybridized carbons (Fsp3) is 0.464. The molecule has 4 rings (SSSR count). The zero-order valence-electron chi connectivity index (χ0n) is 21.3. The zero-order chi connectivity index (χ0) is 26.2. The summed E-state index contributed by atoms with van der Waals surface area (Å²) in [6.07, 6.45) is 1.75. The van der Waals surface area contributed by atoms with Gasteiger partial charge in [-0.2, -0.15) is 0 Å². The van der Waals surface area contributed by atoms with Crippen molar-refractivity contribution in [1.29, 1.82) is 0 Å². The molecule has 6 nitrogen and oxygen atoms in total. The summed E-state index contributed by atoms with van der Waals surface area (Å²) < 4.78 is 20.2. The number of methoxy groups -OCH3 is 1. The molecule has 1 atom stereocenters. The van der Waals surface area contributed by atoms with Crippen molar-refractivity contribution in [2.75, 3.05) is 13.7 Å². The number of carbonyl (C=O) groups excluding carboxylic acids is 2. The lowest BCUT2D eigenvalue weighted by atomic mass is 9.72. The van der Waals surface area contributed by atoms with Crippen molar-refractivity contribution in [3.63, 3.8) is 0 Å². The molecule has 1 unspecified atom stereocenters. The molecule has 192 valence electrons. The van der Waals surface area contributed by atoms with Crippen LogP contribution in [0.15, 0.2) is 36.4 Å². The first-order valence-corrected chi connectivity index (χ1v) is 16.0. The number of carboxylic acid groups (broad SMARTS) is 1. The van der Waals surface area contributed by atoms with E-state index < -0.39 is 20.1 Å². The molecule has 0 bridgehead atoms. The van der Waals surface area contributed by atoms with Crippen LogP contribution >= 0.6 is 0 Å². The Balaban J connectivity index is 1.60. The number of aliphatic carboxylic acids is 1. The van der Waals surface area contributed by atoms with Crippen molar-refractivity contribution in [2.24, 2.45) is 11.8 Å². The lowest BCUT2D eigenvalue weighted by Crippen LogP contribution is -2.49. The van der Waals surface area contributed by atoms with E-state index in [9.17, 15) is 18.8 Å². The molecule has 2 aromatic rings. The van der Waals surface area contributed by atoms with E-state index in [0.717, 1.165) is 16.3 Å². The second-order valence-corrected chi connectivity index (χ2v) is 16.1. The highest BCUT2D eigenvalue weighted by Crippen LogP contribution is 2.41. The Kier molecular flexibility index (Phi) is 7.36. The van der Waals surface area contributed by atoms with E-state index in [-0.39, 0.29) is 42.2 Å². The molecule has 1 saturated carbocycles. The molecule has 1 N–H and O–H groups in total. The second-order valence-electron chi connectivity index (χ2n) is 11.1. The molecule has 0 spiro atoms. The van der Waals surface area contributed by atoms with Crippen molar-refractivity contribution in [3.05, 3.63) is 58.9 Å². The number of rotatable bonds is 8. The van der Waals surface area contributed by atoms with Crippen LogP contribution < -0.4 is 9.92 Å². The summed E-state index contributed by atoms with van der Waals surface area (Å²) >= 11 is 0. The van der Waals surface area contributed by atoms with Gasteiger partial charge in [0.2, 0.25) is 5.91 Å². The fourth-order valence-electron chi connectivity index (χ4n) is 5.48. The Hall–Kier alpha value is -3.00. The molecule has 2 aromatic carbocycles. The van der Waals surface area contributed by atoms with Crippen LogP contribution in [-0.2, 0) is 27.2 Å². The van der Waals surface area contributed by atoms with E-state index in [1.54, 1.807) is 24.1 Å². The number of fused-ring (bicyclic) bond motifs is 1. The third-order valence-corrected chi connectivity index (χ3v) is 9.46. The fourth-order valence-corrected chi connectivity index (χ4v) is 6.85. The smallest absolute Gasteiger partial charge is 0.303 e. The highest BCUT2D eigenvalue weighted by atomic mass is 28.3. The number of ketones is 1. The topological polar surface area (TPSA) is 83.9 Å². The summed E-state index contributed by atoms with van der Waals surface area (Å²) in [7, 11) is -0.254. The molecule has 0 radical (unpaired) electrons. The van der Waals surface area contributed by atoms with E-state index in [0.29, 0.717) is 37.1 Å². The Morgan fingerprint density at radius 2 is 1.83 bits per heavy atom. The highest BCUT2D eigenvalue weighted by Gasteiger charge is 2.43. The van der Waals surface area contributed by atoms with Gasteiger partial charge in [0, 0.05) is 25.3 Å². The van der Waals surface area contributed by atoms with Gasteiger partial charge < -0.3 is 14.7 Å². The zero-order valence-corrected chi connectivity index (χ0v) is 22.3. The minimum Gasteiger partial charge on any atom is -0.497 e.